The lowest BCUT2D eigenvalue weighted by Crippen LogP contribution is -2.53. The van der Waals surface area contributed by atoms with E-state index in [0.29, 0.717) is 0 Å². The van der Waals surface area contributed by atoms with E-state index < -0.39 is 23.3 Å². The van der Waals surface area contributed by atoms with Crippen molar-refractivity contribution in [3.8, 4) is 0 Å². The molecule has 1 aliphatic heterocycles. The van der Waals surface area contributed by atoms with Gasteiger partial charge in [-0.05, 0) is 51.4 Å². The lowest BCUT2D eigenvalue weighted by Gasteiger charge is -2.45. The van der Waals surface area contributed by atoms with Gasteiger partial charge in [0.1, 0.15) is 0 Å². The van der Waals surface area contributed by atoms with Crippen LogP contribution < -0.4 is 5.73 Å². The van der Waals surface area contributed by atoms with E-state index in [1.54, 1.807) is 6.07 Å². The summed E-state index contributed by atoms with van der Waals surface area (Å²) in [5.74, 6) is 0. The number of hydrogen-bond donors (Lipinski definition) is 1. The van der Waals surface area contributed by atoms with Crippen LogP contribution in [0.4, 0.5) is 13.2 Å². The fraction of sp³-hybridized carbons (Fsp3) is 0.625. The molecule has 21 heavy (non-hydrogen) atoms. The van der Waals surface area contributed by atoms with E-state index in [4.69, 9.17) is 5.73 Å². The first-order valence-corrected chi connectivity index (χ1v) is 7.41. The first-order valence-electron chi connectivity index (χ1n) is 7.41. The zero-order chi connectivity index (χ0) is 15.7. The molecule has 1 atom stereocenters. The molecule has 1 fully saturated rings. The quantitative estimate of drug-likeness (QED) is 0.915. The van der Waals surface area contributed by atoms with Gasteiger partial charge in [-0.1, -0.05) is 24.6 Å². The number of nitrogens with two attached hydrogens (primary N) is 1. The number of benzene rings is 1. The van der Waals surface area contributed by atoms with Gasteiger partial charge in [-0.15, -0.1) is 0 Å². The maximum atomic E-state index is 13.2. The van der Waals surface area contributed by atoms with E-state index in [1.807, 2.05) is 13.8 Å². The van der Waals surface area contributed by atoms with Gasteiger partial charge in [0.25, 0.3) is 0 Å². The highest BCUT2D eigenvalue weighted by molar-refractivity contribution is 5.34. The van der Waals surface area contributed by atoms with E-state index in [-0.39, 0.29) is 5.56 Å². The van der Waals surface area contributed by atoms with Crippen molar-refractivity contribution in [2.75, 3.05) is 13.1 Å². The predicted octanol–water partition coefficient (Wildman–Crippen LogP) is 3.97. The zero-order valence-corrected chi connectivity index (χ0v) is 12.6. The highest BCUT2D eigenvalue weighted by atomic mass is 19.4. The molecule has 118 valence electrons. The Morgan fingerprint density at radius 2 is 1.62 bits per heavy atom. The second-order valence-electron chi connectivity index (χ2n) is 6.26. The van der Waals surface area contributed by atoms with Crippen molar-refractivity contribution in [1.29, 1.82) is 0 Å². The Balaban J connectivity index is 2.32. The van der Waals surface area contributed by atoms with Crippen molar-refractivity contribution in [2.24, 2.45) is 5.73 Å². The Morgan fingerprint density at radius 1 is 1.05 bits per heavy atom. The normalized spacial score (nSPS) is 19.5. The average Bonchev–Trinajstić information content (AvgIpc) is 2.46. The minimum atomic E-state index is -4.37. The third-order valence-corrected chi connectivity index (χ3v) is 4.53. The molecule has 5 heteroatoms. The second kappa shape index (κ2) is 5.97. The van der Waals surface area contributed by atoms with E-state index in [2.05, 4.69) is 4.90 Å². The van der Waals surface area contributed by atoms with Crippen LogP contribution in [0.1, 0.15) is 50.3 Å². The van der Waals surface area contributed by atoms with Crippen molar-refractivity contribution in [3.63, 3.8) is 0 Å². The summed E-state index contributed by atoms with van der Waals surface area (Å²) in [4.78, 5) is 2.22. The molecule has 0 amide bonds. The molecule has 2 nitrogen and oxygen atoms in total. The van der Waals surface area contributed by atoms with Gasteiger partial charge in [0.2, 0.25) is 0 Å². The second-order valence-corrected chi connectivity index (χ2v) is 6.26. The summed E-state index contributed by atoms with van der Waals surface area (Å²) in [7, 11) is 0. The first-order chi connectivity index (χ1) is 9.74. The summed E-state index contributed by atoms with van der Waals surface area (Å²) >= 11 is 0. The Bertz CT molecular complexity index is 477. The highest BCUT2D eigenvalue weighted by Crippen LogP contribution is 2.38. The van der Waals surface area contributed by atoms with Crippen LogP contribution in [0.2, 0.25) is 0 Å². The molecule has 0 aromatic heterocycles. The fourth-order valence-electron chi connectivity index (χ4n) is 3.07. The average molecular weight is 300 g/mol. The molecule has 1 heterocycles. The molecule has 1 aromatic rings. The van der Waals surface area contributed by atoms with E-state index in [0.717, 1.165) is 32.0 Å². The largest absolute Gasteiger partial charge is 0.416 e. The van der Waals surface area contributed by atoms with Crippen molar-refractivity contribution in [3.05, 3.63) is 35.4 Å². The van der Waals surface area contributed by atoms with E-state index in [9.17, 15) is 13.2 Å². The maximum absolute atomic E-state index is 13.2. The van der Waals surface area contributed by atoms with Gasteiger partial charge in [0, 0.05) is 11.6 Å². The van der Waals surface area contributed by atoms with Crippen LogP contribution in [0.3, 0.4) is 0 Å². The Labute approximate surface area is 124 Å². The molecular weight excluding hydrogens is 277 g/mol. The first kappa shape index (κ1) is 16.3. The van der Waals surface area contributed by atoms with Gasteiger partial charge >= 0.3 is 6.18 Å². The molecule has 2 N–H and O–H groups in total. The lowest BCUT2D eigenvalue weighted by atomic mass is 9.84. The fourth-order valence-corrected chi connectivity index (χ4v) is 3.07. The van der Waals surface area contributed by atoms with Crippen molar-refractivity contribution in [2.45, 2.75) is 50.9 Å². The number of piperidine rings is 1. The monoisotopic (exact) mass is 300 g/mol. The van der Waals surface area contributed by atoms with E-state index >= 15 is 0 Å². The number of nitrogens with zero attached hydrogens (tertiary/aromatic N) is 1. The van der Waals surface area contributed by atoms with Gasteiger partial charge in [0.05, 0.1) is 5.56 Å². The molecule has 1 saturated heterocycles. The minimum Gasteiger partial charge on any atom is -0.322 e. The Morgan fingerprint density at radius 3 is 2.19 bits per heavy atom. The van der Waals surface area contributed by atoms with Crippen LogP contribution in [0.5, 0.6) is 0 Å². The van der Waals surface area contributed by atoms with Crippen LogP contribution in [-0.2, 0) is 6.18 Å². The molecule has 0 radical (unpaired) electrons. The summed E-state index contributed by atoms with van der Waals surface area (Å²) in [6.07, 6.45) is -1.03. The predicted molar refractivity (Wildman–Crippen MR) is 77.9 cm³/mol. The van der Waals surface area contributed by atoms with Crippen molar-refractivity contribution >= 4 is 0 Å². The summed E-state index contributed by atoms with van der Waals surface area (Å²) in [6.45, 7) is 5.68. The van der Waals surface area contributed by atoms with Crippen LogP contribution in [0.25, 0.3) is 0 Å². The molecule has 1 aliphatic rings. The molecular formula is C16H23F3N2. The summed E-state index contributed by atoms with van der Waals surface area (Å²) < 4.78 is 39.5. The minimum absolute atomic E-state index is 0.181. The topological polar surface area (TPSA) is 29.3 Å². The number of halogens is 3. The Kier molecular flexibility index (Phi) is 4.63. The third-order valence-electron chi connectivity index (χ3n) is 4.53. The summed E-state index contributed by atoms with van der Waals surface area (Å²) in [6, 6.07) is 4.97. The van der Waals surface area contributed by atoms with Gasteiger partial charge in [-0.3, -0.25) is 4.90 Å². The number of hydrogen-bond acceptors (Lipinski definition) is 2. The van der Waals surface area contributed by atoms with Gasteiger partial charge in [-0.2, -0.15) is 13.2 Å². The van der Waals surface area contributed by atoms with Crippen molar-refractivity contribution in [1.82, 2.24) is 4.90 Å². The van der Waals surface area contributed by atoms with Gasteiger partial charge in [-0.25, -0.2) is 0 Å². The molecule has 0 bridgehead atoms. The van der Waals surface area contributed by atoms with E-state index in [1.165, 1.54) is 18.6 Å². The van der Waals surface area contributed by atoms with Crippen LogP contribution in [-0.4, -0.2) is 23.5 Å². The van der Waals surface area contributed by atoms with Crippen LogP contribution in [0.15, 0.2) is 24.3 Å². The SMILES string of the molecule is CC(C)(C(N)c1ccccc1C(F)(F)F)N1CCCCC1. The molecule has 2 rings (SSSR count). The molecule has 0 aliphatic carbocycles. The lowest BCUT2D eigenvalue weighted by molar-refractivity contribution is -0.138. The van der Waals surface area contributed by atoms with Crippen LogP contribution >= 0.6 is 0 Å². The smallest absolute Gasteiger partial charge is 0.322 e. The van der Waals surface area contributed by atoms with Crippen molar-refractivity contribution < 1.29 is 13.2 Å². The molecule has 0 spiro atoms. The number of rotatable bonds is 3. The zero-order valence-electron chi connectivity index (χ0n) is 12.6. The van der Waals surface area contributed by atoms with Gasteiger partial charge in [0.15, 0.2) is 0 Å². The van der Waals surface area contributed by atoms with Gasteiger partial charge < -0.3 is 5.73 Å². The van der Waals surface area contributed by atoms with Crippen LogP contribution in [0, 0.1) is 0 Å². The molecule has 0 saturated carbocycles. The number of alkyl halides is 3. The third kappa shape index (κ3) is 3.40. The summed E-state index contributed by atoms with van der Waals surface area (Å²) in [5, 5.41) is 0. The number of likely N-dealkylation sites (tertiary alicyclic amines) is 1. The maximum Gasteiger partial charge on any atom is 0.416 e. The highest BCUT2D eigenvalue weighted by Gasteiger charge is 2.40. The summed E-state index contributed by atoms with van der Waals surface area (Å²) in [5.41, 5.74) is 5.32. The molecule has 1 aromatic carbocycles. The standard InChI is InChI=1S/C16H23F3N2/c1-15(2,21-10-6-3-7-11-21)14(20)12-8-4-5-9-13(12)16(17,18)19/h4-5,8-9,14H,3,6-7,10-11,20H2,1-2H3. The Hall–Kier alpha value is -1.07. The molecule has 1 unspecified atom stereocenters.